The molecule has 0 amide bonds. The summed E-state index contributed by atoms with van der Waals surface area (Å²) in [5, 5.41) is 0. The number of nitrogens with two attached hydrogens (primary N) is 1. The summed E-state index contributed by atoms with van der Waals surface area (Å²) in [6, 6.07) is 0. The van der Waals surface area contributed by atoms with Crippen molar-refractivity contribution in [3.63, 3.8) is 0 Å². The second-order valence-electron chi connectivity index (χ2n) is 3.67. The van der Waals surface area contributed by atoms with Crippen LogP contribution in [-0.2, 0) is 9.84 Å². The Hall–Kier alpha value is 0.260. The number of hydrogen-bond donors (Lipinski definition) is 2. The SMILES string of the molecule is NCC(CS)C1CCS(=O)(=O)CC1. The third-order valence-electron chi connectivity index (χ3n) is 2.80. The van der Waals surface area contributed by atoms with Gasteiger partial charge in [-0.15, -0.1) is 0 Å². The van der Waals surface area contributed by atoms with Gasteiger partial charge in [0.25, 0.3) is 0 Å². The standard InChI is InChI=1S/C8H17NO2S2/c9-5-8(6-12)7-1-3-13(10,11)4-2-7/h7-8,12H,1-6,9H2. The molecule has 1 heterocycles. The topological polar surface area (TPSA) is 60.2 Å². The summed E-state index contributed by atoms with van der Waals surface area (Å²) in [7, 11) is -2.73. The summed E-state index contributed by atoms with van der Waals surface area (Å²) in [4.78, 5) is 0. The van der Waals surface area contributed by atoms with Gasteiger partial charge in [-0.25, -0.2) is 8.42 Å². The van der Waals surface area contributed by atoms with E-state index in [1.807, 2.05) is 0 Å². The molecule has 0 aliphatic carbocycles. The Morgan fingerprint density at radius 1 is 1.38 bits per heavy atom. The third-order valence-corrected chi connectivity index (χ3v) is 4.99. The van der Waals surface area contributed by atoms with E-state index in [2.05, 4.69) is 12.6 Å². The summed E-state index contributed by atoms with van der Waals surface area (Å²) < 4.78 is 22.3. The van der Waals surface area contributed by atoms with Crippen molar-refractivity contribution in [2.45, 2.75) is 12.8 Å². The Morgan fingerprint density at radius 2 is 1.92 bits per heavy atom. The highest BCUT2D eigenvalue weighted by molar-refractivity contribution is 7.91. The monoisotopic (exact) mass is 223 g/mol. The highest BCUT2D eigenvalue weighted by atomic mass is 32.2. The molecule has 5 heteroatoms. The van der Waals surface area contributed by atoms with Crippen molar-refractivity contribution in [1.29, 1.82) is 0 Å². The number of sulfone groups is 1. The Kier molecular flexibility index (Phi) is 4.06. The fourth-order valence-corrected chi connectivity index (χ4v) is 3.77. The maximum atomic E-state index is 11.1. The van der Waals surface area contributed by atoms with Gasteiger partial charge in [0.05, 0.1) is 11.5 Å². The first-order valence-corrected chi connectivity index (χ1v) is 7.06. The van der Waals surface area contributed by atoms with E-state index in [4.69, 9.17) is 5.73 Å². The molecule has 1 unspecified atom stereocenters. The maximum Gasteiger partial charge on any atom is 0.150 e. The van der Waals surface area contributed by atoms with Gasteiger partial charge in [0.1, 0.15) is 9.84 Å². The third kappa shape index (κ3) is 3.14. The highest BCUT2D eigenvalue weighted by Crippen LogP contribution is 2.26. The smallest absolute Gasteiger partial charge is 0.150 e. The van der Waals surface area contributed by atoms with Crippen LogP contribution in [-0.4, -0.2) is 32.2 Å². The van der Waals surface area contributed by atoms with Crippen LogP contribution >= 0.6 is 12.6 Å². The first-order chi connectivity index (χ1) is 6.09. The van der Waals surface area contributed by atoms with E-state index < -0.39 is 9.84 Å². The molecule has 13 heavy (non-hydrogen) atoms. The minimum absolute atomic E-state index is 0.335. The van der Waals surface area contributed by atoms with Gasteiger partial charge in [-0.05, 0) is 37.0 Å². The highest BCUT2D eigenvalue weighted by Gasteiger charge is 2.27. The lowest BCUT2D eigenvalue weighted by Crippen LogP contribution is -2.32. The second-order valence-corrected chi connectivity index (χ2v) is 6.34. The molecule has 0 spiro atoms. The van der Waals surface area contributed by atoms with Gasteiger partial charge in [0.15, 0.2) is 0 Å². The van der Waals surface area contributed by atoms with Crippen LogP contribution < -0.4 is 5.73 Å². The first kappa shape index (κ1) is 11.3. The van der Waals surface area contributed by atoms with Crippen molar-refractivity contribution in [3.05, 3.63) is 0 Å². The summed E-state index contributed by atoms with van der Waals surface area (Å²) in [5.74, 6) is 2.29. The molecule has 1 rings (SSSR count). The van der Waals surface area contributed by atoms with Crippen LogP contribution in [0.3, 0.4) is 0 Å². The molecule has 0 aromatic carbocycles. The quantitative estimate of drug-likeness (QED) is 0.677. The molecule has 1 atom stereocenters. The van der Waals surface area contributed by atoms with Gasteiger partial charge in [0, 0.05) is 0 Å². The summed E-state index contributed by atoms with van der Waals surface area (Å²) >= 11 is 4.22. The van der Waals surface area contributed by atoms with Crippen LogP contribution in [0.2, 0.25) is 0 Å². The van der Waals surface area contributed by atoms with Crippen molar-refractivity contribution in [2.24, 2.45) is 17.6 Å². The molecule has 0 radical (unpaired) electrons. The Morgan fingerprint density at radius 3 is 2.31 bits per heavy atom. The van der Waals surface area contributed by atoms with Crippen LogP contribution in [0.4, 0.5) is 0 Å². The Balaban J connectivity index is 2.49. The lowest BCUT2D eigenvalue weighted by atomic mass is 9.89. The fourth-order valence-electron chi connectivity index (χ4n) is 1.80. The van der Waals surface area contributed by atoms with Crippen molar-refractivity contribution >= 4 is 22.5 Å². The lowest BCUT2D eigenvalue weighted by Gasteiger charge is -2.28. The van der Waals surface area contributed by atoms with E-state index in [0.717, 1.165) is 18.6 Å². The number of hydrogen-bond acceptors (Lipinski definition) is 4. The lowest BCUT2D eigenvalue weighted by molar-refractivity contribution is 0.341. The van der Waals surface area contributed by atoms with Crippen LogP contribution in [0, 0.1) is 11.8 Å². The summed E-state index contributed by atoms with van der Waals surface area (Å²) in [5.41, 5.74) is 5.58. The molecular weight excluding hydrogens is 206 g/mol. The van der Waals surface area contributed by atoms with Gasteiger partial charge in [0.2, 0.25) is 0 Å². The van der Waals surface area contributed by atoms with E-state index in [-0.39, 0.29) is 0 Å². The average Bonchev–Trinajstić information content (AvgIpc) is 2.09. The van der Waals surface area contributed by atoms with E-state index >= 15 is 0 Å². The van der Waals surface area contributed by atoms with E-state index in [9.17, 15) is 8.42 Å². The minimum atomic E-state index is -2.73. The largest absolute Gasteiger partial charge is 0.330 e. The Bertz CT molecular complexity index is 233. The van der Waals surface area contributed by atoms with Crippen LogP contribution in [0.5, 0.6) is 0 Å². The molecule has 0 aromatic rings. The summed E-state index contributed by atoms with van der Waals surface area (Å²) in [6.07, 6.45) is 1.54. The van der Waals surface area contributed by atoms with Crippen molar-refractivity contribution in [3.8, 4) is 0 Å². The van der Waals surface area contributed by atoms with Crippen LogP contribution in [0.1, 0.15) is 12.8 Å². The van der Waals surface area contributed by atoms with Crippen LogP contribution in [0.15, 0.2) is 0 Å². The zero-order chi connectivity index (χ0) is 9.90. The van der Waals surface area contributed by atoms with Gasteiger partial charge in [-0.1, -0.05) is 0 Å². The molecular formula is C8H17NO2S2. The molecule has 0 aromatic heterocycles. The van der Waals surface area contributed by atoms with E-state index in [0.29, 0.717) is 29.9 Å². The van der Waals surface area contributed by atoms with Crippen LogP contribution in [0.25, 0.3) is 0 Å². The molecule has 2 N–H and O–H groups in total. The maximum absolute atomic E-state index is 11.1. The summed E-state index contributed by atoms with van der Waals surface area (Å²) in [6.45, 7) is 0.619. The van der Waals surface area contributed by atoms with E-state index in [1.165, 1.54) is 0 Å². The minimum Gasteiger partial charge on any atom is -0.330 e. The zero-order valence-corrected chi connectivity index (χ0v) is 9.36. The normalized spacial score (nSPS) is 25.7. The van der Waals surface area contributed by atoms with Crippen molar-refractivity contribution in [2.75, 3.05) is 23.8 Å². The van der Waals surface area contributed by atoms with E-state index in [1.54, 1.807) is 0 Å². The van der Waals surface area contributed by atoms with Gasteiger partial charge in [-0.2, -0.15) is 12.6 Å². The Labute approximate surface area is 85.4 Å². The molecule has 1 aliphatic rings. The molecule has 0 saturated carbocycles. The van der Waals surface area contributed by atoms with Crippen molar-refractivity contribution < 1.29 is 8.42 Å². The number of rotatable bonds is 3. The molecule has 1 fully saturated rings. The van der Waals surface area contributed by atoms with Gasteiger partial charge in [-0.3, -0.25) is 0 Å². The molecule has 1 saturated heterocycles. The van der Waals surface area contributed by atoms with Gasteiger partial charge < -0.3 is 5.73 Å². The van der Waals surface area contributed by atoms with Crippen molar-refractivity contribution in [1.82, 2.24) is 0 Å². The molecule has 0 bridgehead atoms. The van der Waals surface area contributed by atoms with Gasteiger partial charge >= 0.3 is 0 Å². The molecule has 1 aliphatic heterocycles. The molecule has 78 valence electrons. The fraction of sp³-hybridized carbons (Fsp3) is 1.00. The first-order valence-electron chi connectivity index (χ1n) is 4.60. The molecule has 3 nitrogen and oxygen atoms in total. The average molecular weight is 223 g/mol. The predicted molar refractivity (Wildman–Crippen MR) is 57.8 cm³/mol. The predicted octanol–water partition coefficient (Wildman–Crippen LogP) is 0.316. The number of thiol groups is 1. The zero-order valence-electron chi connectivity index (χ0n) is 7.65. The second kappa shape index (κ2) is 4.66.